The number of esters is 1. The summed E-state index contributed by atoms with van der Waals surface area (Å²) in [6.07, 6.45) is 1.52. The molecular weight excluding hydrogens is 458 g/mol. The van der Waals surface area contributed by atoms with Gasteiger partial charge in [-0.1, -0.05) is 50.2 Å². The zero-order valence-corrected chi connectivity index (χ0v) is 20.1. The zero-order chi connectivity index (χ0) is 25.8. The number of amides is 1. The fourth-order valence-electron chi connectivity index (χ4n) is 4.16. The molecule has 4 rings (SSSR count). The fraction of sp³-hybridized carbons (Fsp3) is 0.207. The van der Waals surface area contributed by atoms with Crippen LogP contribution in [0.1, 0.15) is 53.4 Å². The Morgan fingerprint density at radius 1 is 0.889 bits per heavy atom. The first-order valence-corrected chi connectivity index (χ1v) is 11.8. The van der Waals surface area contributed by atoms with Crippen LogP contribution in [0.25, 0.3) is 5.76 Å². The van der Waals surface area contributed by atoms with Crippen molar-refractivity contribution < 1.29 is 29.3 Å². The Balaban J connectivity index is 1.81. The molecule has 1 aliphatic rings. The number of nitrogens with zero attached hydrogens (tertiary/aromatic N) is 1. The van der Waals surface area contributed by atoms with Crippen molar-refractivity contribution in [1.82, 2.24) is 0 Å². The van der Waals surface area contributed by atoms with Crippen LogP contribution < -0.4 is 4.90 Å². The van der Waals surface area contributed by atoms with Gasteiger partial charge in [-0.05, 0) is 60.4 Å². The monoisotopic (exact) mass is 485 g/mol. The van der Waals surface area contributed by atoms with Crippen molar-refractivity contribution in [3.05, 3.63) is 101 Å². The lowest BCUT2D eigenvalue weighted by Gasteiger charge is -2.25. The van der Waals surface area contributed by atoms with Gasteiger partial charge in [0.2, 0.25) is 0 Å². The molecule has 0 aliphatic carbocycles. The highest BCUT2D eigenvalue weighted by Crippen LogP contribution is 2.42. The smallest absolute Gasteiger partial charge is 0.338 e. The van der Waals surface area contributed by atoms with Gasteiger partial charge in [0.1, 0.15) is 11.5 Å². The number of anilines is 1. The highest BCUT2D eigenvalue weighted by atomic mass is 16.5. The van der Waals surface area contributed by atoms with Crippen LogP contribution >= 0.6 is 0 Å². The van der Waals surface area contributed by atoms with E-state index in [2.05, 4.69) is 0 Å². The molecule has 0 bridgehead atoms. The Bertz CT molecular complexity index is 1310. The van der Waals surface area contributed by atoms with Crippen molar-refractivity contribution in [2.45, 2.75) is 32.7 Å². The Kier molecular flexibility index (Phi) is 7.20. The predicted molar refractivity (Wildman–Crippen MR) is 136 cm³/mol. The van der Waals surface area contributed by atoms with E-state index < -0.39 is 23.7 Å². The number of benzene rings is 3. The number of phenols is 1. The third-order valence-corrected chi connectivity index (χ3v) is 6.11. The van der Waals surface area contributed by atoms with Crippen LogP contribution in [0.3, 0.4) is 0 Å². The summed E-state index contributed by atoms with van der Waals surface area (Å²) in [5, 5.41) is 21.0. The summed E-state index contributed by atoms with van der Waals surface area (Å²) >= 11 is 0. The number of aromatic hydroxyl groups is 1. The molecule has 0 spiro atoms. The maximum atomic E-state index is 13.3. The highest BCUT2D eigenvalue weighted by Gasteiger charge is 2.47. The molecule has 0 saturated carbocycles. The Morgan fingerprint density at radius 2 is 1.50 bits per heavy atom. The van der Waals surface area contributed by atoms with E-state index in [9.17, 15) is 24.6 Å². The SMILES string of the molecule is CCCOC(=O)c1ccc(N2C(=O)C(=O)/C(=C(/O)c3ccc(CC)cc3)C2c2ccc(O)cc2)cc1. The number of hydrogen-bond acceptors (Lipinski definition) is 6. The van der Waals surface area contributed by atoms with Crippen LogP contribution in [0.2, 0.25) is 0 Å². The second kappa shape index (κ2) is 10.5. The number of carbonyl (C=O) groups excluding carboxylic acids is 3. The summed E-state index contributed by atoms with van der Waals surface area (Å²) in [7, 11) is 0. The van der Waals surface area contributed by atoms with E-state index in [1.165, 1.54) is 29.2 Å². The number of Topliss-reactive ketones (excluding diaryl/α,β-unsaturated/α-hetero) is 1. The van der Waals surface area contributed by atoms with Crippen molar-refractivity contribution in [3.8, 4) is 5.75 Å². The van der Waals surface area contributed by atoms with Crippen molar-refractivity contribution in [2.75, 3.05) is 11.5 Å². The molecule has 0 aromatic heterocycles. The summed E-state index contributed by atoms with van der Waals surface area (Å²) in [6, 6.07) is 18.5. The topological polar surface area (TPSA) is 104 Å². The molecule has 1 saturated heterocycles. The lowest BCUT2D eigenvalue weighted by Crippen LogP contribution is -2.29. The molecule has 0 radical (unpaired) electrons. The van der Waals surface area contributed by atoms with E-state index >= 15 is 0 Å². The average molecular weight is 486 g/mol. The number of ketones is 1. The molecule has 1 aliphatic heterocycles. The van der Waals surface area contributed by atoms with Crippen LogP contribution in [-0.4, -0.2) is 34.5 Å². The van der Waals surface area contributed by atoms with Crippen LogP contribution in [0.4, 0.5) is 5.69 Å². The van der Waals surface area contributed by atoms with Gasteiger partial charge in [0.05, 0.1) is 23.8 Å². The number of phenolic OH excluding ortho intramolecular Hbond substituents is 1. The first-order chi connectivity index (χ1) is 17.3. The van der Waals surface area contributed by atoms with Crippen molar-refractivity contribution in [1.29, 1.82) is 0 Å². The molecule has 184 valence electrons. The van der Waals surface area contributed by atoms with Crippen molar-refractivity contribution in [2.24, 2.45) is 0 Å². The predicted octanol–water partition coefficient (Wildman–Crippen LogP) is 5.15. The maximum absolute atomic E-state index is 13.3. The summed E-state index contributed by atoms with van der Waals surface area (Å²) < 4.78 is 5.16. The highest BCUT2D eigenvalue weighted by molar-refractivity contribution is 6.51. The molecule has 2 N–H and O–H groups in total. The van der Waals surface area contributed by atoms with E-state index in [-0.39, 0.29) is 17.1 Å². The third kappa shape index (κ3) is 4.73. The molecule has 1 amide bonds. The van der Waals surface area contributed by atoms with Gasteiger partial charge >= 0.3 is 5.97 Å². The Hall–Kier alpha value is -4.39. The van der Waals surface area contributed by atoms with Gasteiger partial charge in [0, 0.05) is 11.3 Å². The van der Waals surface area contributed by atoms with Gasteiger partial charge in [-0.3, -0.25) is 14.5 Å². The minimum absolute atomic E-state index is 0.0285. The standard InChI is InChI=1S/C29H27NO6/c1-3-17-36-29(35)21-9-13-22(14-10-21)30-25(19-11-15-23(31)16-12-19)24(27(33)28(30)34)26(32)20-7-5-18(4-2)6-8-20/h5-16,25,31-32H,3-4,17H2,1-2H3/b26-24+. The van der Waals surface area contributed by atoms with E-state index in [0.29, 0.717) is 35.4 Å². The van der Waals surface area contributed by atoms with E-state index in [1.807, 2.05) is 26.0 Å². The number of carbonyl (C=O) groups is 3. The fourth-order valence-corrected chi connectivity index (χ4v) is 4.16. The molecule has 1 fully saturated rings. The number of rotatable bonds is 7. The molecule has 3 aromatic carbocycles. The minimum Gasteiger partial charge on any atom is -0.508 e. The maximum Gasteiger partial charge on any atom is 0.338 e. The number of hydrogen-bond donors (Lipinski definition) is 2. The molecule has 36 heavy (non-hydrogen) atoms. The average Bonchev–Trinajstić information content (AvgIpc) is 3.17. The molecule has 7 heteroatoms. The molecule has 3 aromatic rings. The van der Waals surface area contributed by atoms with Crippen molar-refractivity contribution >= 4 is 29.1 Å². The summed E-state index contributed by atoms with van der Waals surface area (Å²) in [6.45, 7) is 4.21. The minimum atomic E-state index is -0.936. The number of ether oxygens (including phenoxy) is 1. The molecule has 7 nitrogen and oxygen atoms in total. The third-order valence-electron chi connectivity index (χ3n) is 6.11. The first kappa shape index (κ1) is 24.7. The molecule has 1 atom stereocenters. The Morgan fingerprint density at radius 3 is 2.08 bits per heavy atom. The van der Waals surface area contributed by atoms with Crippen LogP contribution in [0, 0.1) is 0 Å². The zero-order valence-electron chi connectivity index (χ0n) is 20.1. The van der Waals surface area contributed by atoms with E-state index in [1.54, 1.807) is 36.4 Å². The quantitative estimate of drug-likeness (QED) is 0.208. The van der Waals surface area contributed by atoms with Gasteiger partial charge in [0.15, 0.2) is 0 Å². The number of aliphatic hydroxyl groups excluding tert-OH is 1. The molecule has 1 heterocycles. The largest absolute Gasteiger partial charge is 0.508 e. The van der Waals surface area contributed by atoms with Crippen LogP contribution in [0.15, 0.2) is 78.4 Å². The Labute approximate surface area is 209 Å². The van der Waals surface area contributed by atoms with Gasteiger partial charge in [-0.15, -0.1) is 0 Å². The van der Waals surface area contributed by atoms with E-state index in [0.717, 1.165) is 12.0 Å². The number of aliphatic hydroxyl groups is 1. The lowest BCUT2D eigenvalue weighted by atomic mass is 9.94. The van der Waals surface area contributed by atoms with E-state index in [4.69, 9.17) is 4.74 Å². The first-order valence-electron chi connectivity index (χ1n) is 11.8. The summed E-state index contributed by atoms with van der Waals surface area (Å²) in [5.74, 6) is -2.36. The molecular formula is C29H27NO6. The van der Waals surface area contributed by atoms with Gasteiger partial charge < -0.3 is 14.9 Å². The van der Waals surface area contributed by atoms with Crippen molar-refractivity contribution in [3.63, 3.8) is 0 Å². The summed E-state index contributed by atoms with van der Waals surface area (Å²) in [4.78, 5) is 40.0. The number of aryl methyl sites for hydroxylation is 1. The summed E-state index contributed by atoms with van der Waals surface area (Å²) in [5.41, 5.74) is 2.66. The molecule has 1 unspecified atom stereocenters. The van der Waals surface area contributed by atoms with Gasteiger partial charge in [0.25, 0.3) is 11.7 Å². The van der Waals surface area contributed by atoms with Gasteiger partial charge in [-0.2, -0.15) is 0 Å². The van der Waals surface area contributed by atoms with Crippen LogP contribution in [0.5, 0.6) is 5.75 Å². The second-order valence-corrected chi connectivity index (χ2v) is 8.49. The van der Waals surface area contributed by atoms with Gasteiger partial charge in [-0.25, -0.2) is 4.79 Å². The lowest BCUT2D eigenvalue weighted by molar-refractivity contribution is -0.132. The van der Waals surface area contributed by atoms with Crippen LogP contribution in [-0.2, 0) is 20.7 Å². The normalized spacial score (nSPS) is 16.8. The second-order valence-electron chi connectivity index (χ2n) is 8.49.